The topological polar surface area (TPSA) is 83.6 Å². The summed E-state index contributed by atoms with van der Waals surface area (Å²) in [7, 11) is 0. The van der Waals surface area contributed by atoms with Gasteiger partial charge in [-0.1, -0.05) is 13.8 Å². The van der Waals surface area contributed by atoms with E-state index in [4.69, 9.17) is 0 Å². The molecule has 0 atom stereocenters. The monoisotopic (exact) mass is 259 g/mol. The summed E-state index contributed by atoms with van der Waals surface area (Å²) >= 11 is 0. The molecule has 0 fully saturated rings. The van der Waals surface area contributed by atoms with E-state index < -0.39 is 0 Å². The van der Waals surface area contributed by atoms with Gasteiger partial charge in [0.1, 0.15) is 0 Å². The molecule has 19 heavy (non-hydrogen) atoms. The maximum Gasteiger partial charge on any atom is 0.251 e. The summed E-state index contributed by atoms with van der Waals surface area (Å²) < 4.78 is 0. The van der Waals surface area contributed by atoms with Crippen LogP contribution in [-0.4, -0.2) is 26.0 Å². The number of hydrogen-bond donors (Lipinski definition) is 2. The fourth-order valence-corrected chi connectivity index (χ4v) is 1.53. The fourth-order valence-electron chi connectivity index (χ4n) is 1.53. The van der Waals surface area contributed by atoms with E-state index in [9.17, 15) is 4.79 Å². The minimum Gasteiger partial charge on any atom is -0.309 e. The number of aryl methyl sites for hydroxylation is 1. The van der Waals surface area contributed by atoms with E-state index in [0.29, 0.717) is 29.9 Å². The Bertz CT molecular complexity index is 603. The molecule has 6 heteroatoms. The van der Waals surface area contributed by atoms with E-state index in [1.54, 1.807) is 12.4 Å². The lowest BCUT2D eigenvalue weighted by molar-refractivity contribution is 0.580. The Morgan fingerprint density at radius 2 is 2.00 bits per heavy atom. The van der Waals surface area contributed by atoms with Crippen LogP contribution in [0.5, 0.6) is 0 Å². The summed E-state index contributed by atoms with van der Waals surface area (Å²) in [6.07, 6.45) is 3.39. The smallest absolute Gasteiger partial charge is 0.251 e. The van der Waals surface area contributed by atoms with Gasteiger partial charge < -0.3 is 10.3 Å². The van der Waals surface area contributed by atoms with Gasteiger partial charge in [0.15, 0.2) is 11.6 Å². The van der Waals surface area contributed by atoms with Crippen LogP contribution in [0.1, 0.15) is 25.1 Å². The van der Waals surface area contributed by atoms with Crippen molar-refractivity contribution in [1.82, 2.24) is 25.3 Å². The second kappa shape index (κ2) is 5.71. The summed E-state index contributed by atoms with van der Waals surface area (Å²) in [6, 6.07) is 1.81. The molecular formula is C13H17N5O. The van der Waals surface area contributed by atoms with Crippen molar-refractivity contribution in [3.8, 4) is 11.6 Å². The van der Waals surface area contributed by atoms with E-state index in [1.807, 2.05) is 20.8 Å². The van der Waals surface area contributed by atoms with Crippen molar-refractivity contribution in [2.75, 3.05) is 0 Å². The molecule has 2 aromatic heterocycles. The lowest BCUT2D eigenvalue weighted by atomic mass is 10.3. The predicted molar refractivity (Wildman–Crippen MR) is 72.6 cm³/mol. The lowest BCUT2D eigenvalue weighted by Gasteiger charge is -2.08. The zero-order valence-electron chi connectivity index (χ0n) is 11.3. The highest BCUT2D eigenvalue weighted by atomic mass is 16.1. The molecule has 2 N–H and O–H groups in total. The minimum atomic E-state index is -0.199. The highest BCUT2D eigenvalue weighted by Gasteiger charge is 2.07. The maximum absolute atomic E-state index is 11.6. The van der Waals surface area contributed by atoms with Crippen LogP contribution in [0, 0.1) is 6.92 Å². The highest BCUT2D eigenvalue weighted by Crippen LogP contribution is 2.07. The second-order valence-electron chi connectivity index (χ2n) is 4.70. The Balaban J connectivity index is 2.30. The summed E-state index contributed by atoms with van der Waals surface area (Å²) in [6.45, 7) is 6.53. The molecule has 2 aromatic rings. The molecule has 0 aliphatic carbocycles. The van der Waals surface area contributed by atoms with E-state index in [0.717, 1.165) is 5.56 Å². The van der Waals surface area contributed by atoms with Gasteiger partial charge >= 0.3 is 0 Å². The third-order valence-electron chi connectivity index (χ3n) is 2.48. The molecule has 0 saturated carbocycles. The standard InChI is InChI=1S/C13H17N5O/c1-8(2)14-7-10-4-11(19)18-13(17-10)12-15-5-9(3)6-16-12/h4-6,8,14H,7H2,1-3H3,(H,17,18,19). The second-order valence-corrected chi connectivity index (χ2v) is 4.70. The van der Waals surface area contributed by atoms with Crippen molar-refractivity contribution < 1.29 is 0 Å². The van der Waals surface area contributed by atoms with Gasteiger partial charge in [0.25, 0.3) is 5.56 Å². The van der Waals surface area contributed by atoms with Crippen molar-refractivity contribution in [3.63, 3.8) is 0 Å². The summed E-state index contributed by atoms with van der Waals surface area (Å²) in [4.78, 5) is 27.0. The SMILES string of the molecule is Cc1cnc(-c2nc(CNC(C)C)cc(=O)[nH]2)nc1. The van der Waals surface area contributed by atoms with Gasteiger partial charge in [-0.05, 0) is 12.5 Å². The summed E-state index contributed by atoms with van der Waals surface area (Å²) in [5.41, 5.74) is 1.44. The highest BCUT2D eigenvalue weighted by molar-refractivity contribution is 5.42. The molecule has 2 heterocycles. The number of nitrogens with one attached hydrogen (secondary N) is 2. The molecular weight excluding hydrogens is 242 g/mol. The number of aromatic amines is 1. The van der Waals surface area contributed by atoms with Crippen molar-refractivity contribution in [1.29, 1.82) is 0 Å². The Morgan fingerprint density at radius 3 is 2.63 bits per heavy atom. The van der Waals surface area contributed by atoms with Crippen LogP contribution in [0.25, 0.3) is 11.6 Å². The van der Waals surface area contributed by atoms with Gasteiger partial charge in [0.05, 0.1) is 5.69 Å². The molecule has 0 amide bonds. The lowest BCUT2D eigenvalue weighted by Crippen LogP contribution is -2.24. The summed E-state index contributed by atoms with van der Waals surface area (Å²) in [5.74, 6) is 0.821. The van der Waals surface area contributed by atoms with Crippen LogP contribution in [0.4, 0.5) is 0 Å². The molecule has 100 valence electrons. The van der Waals surface area contributed by atoms with Gasteiger partial charge in [-0.25, -0.2) is 15.0 Å². The van der Waals surface area contributed by atoms with Crippen LogP contribution in [0.15, 0.2) is 23.3 Å². The van der Waals surface area contributed by atoms with Gasteiger partial charge in [-0.2, -0.15) is 0 Å². The average Bonchev–Trinajstić information content (AvgIpc) is 2.36. The Kier molecular flexibility index (Phi) is 4.01. The quantitative estimate of drug-likeness (QED) is 0.857. The normalized spacial score (nSPS) is 10.9. The van der Waals surface area contributed by atoms with Crippen LogP contribution >= 0.6 is 0 Å². The van der Waals surface area contributed by atoms with E-state index in [-0.39, 0.29) is 5.56 Å². The zero-order valence-corrected chi connectivity index (χ0v) is 11.3. The van der Waals surface area contributed by atoms with E-state index in [2.05, 4.69) is 25.3 Å². The van der Waals surface area contributed by atoms with Gasteiger partial charge in [0.2, 0.25) is 0 Å². The molecule has 0 saturated heterocycles. The first-order chi connectivity index (χ1) is 9.04. The fraction of sp³-hybridized carbons (Fsp3) is 0.385. The largest absolute Gasteiger partial charge is 0.309 e. The van der Waals surface area contributed by atoms with Crippen LogP contribution in [0.2, 0.25) is 0 Å². The minimum absolute atomic E-state index is 0.199. The number of aromatic nitrogens is 4. The molecule has 0 aromatic carbocycles. The number of nitrogens with zero attached hydrogens (tertiary/aromatic N) is 3. The third kappa shape index (κ3) is 3.69. The Labute approximate surface area is 111 Å². The Morgan fingerprint density at radius 1 is 1.32 bits per heavy atom. The van der Waals surface area contributed by atoms with Gasteiger partial charge in [-0.15, -0.1) is 0 Å². The van der Waals surface area contributed by atoms with Crippen molar-refractivity contribution in [2.45, 2.75) is 33.4 Å². The van der Waals surface area contributed by atoms with E-state index in [1.165, 1.54) is 6.07 Å². The average molecular weight is 259 g/mol. The molecule has 0 unspecified atom stereocenters. The molecule has 0 aliphatic heterocycles. The van der Waals surface area contributed by atoms with Crippen molar-refractivity contribution >= 4 is 0 Å². The first kappa shape index (κ1) is 13.4. The van der Waals surface area contributed by atoms with E-state index >= 15 is 0 Å². The number of H-pyrrole nitrogens is 1. The van der Waals surface area contributed by atoms with Gasteiger partial charge in [-0.3, -0.25) is 4.79 Å². The number of rotatable bonds is 4. The number of hydrogen-bond acceptors (Lipinski definition) is 5. The molecule has 6 nitrogen and oxygen atoms in total. The van der Waals surface area contributed by atoms with Gasteiger partial charge in [0, 0.05) is 31.0 Å². The molecule has 2 rings (SSSR count). The summed E-state index contributed by atoms with van der Waals surface area (Å²) in [5, 5.41) is 3.22. The predicted octanol–water partition coefficient (Wildman–Crippen LogP) is 1.03. The maximum atomic E-state index is 11.6. The zero-order chi connectivity index (χ0) is 13.8. The van der Waals surface area contributed by atoms with Crippen LogP contribution in [-0.2, 0) is 6.54 Å². The third-order valence-corrected chi connectivity index (χ3v) is 2.48. The first-order valence-corrected chi connectivity index (χ1v) is 6.17. The first-order valence-electron chi connectivity index (χ1n) is 6.17. The van der Waals surface area contributed by atoms with Crippen LogP contribution in [0.3, 0.4) is 0 Å². The van der Waals surface area contributed by atoms with Crippen LogP contribution < -0.4 is 10.9 Å². The molecule has 0 bridgehead atoms. The molecule has 0 spiro atoms. The molecule has 0 radical (unpaired) electrons. The Hall–Kier alpha value is -2.08. The molecule has 0 aliphatic rings. The van der Waals surface area contributed by atoms with Crippen molar-refractivity contribution in [3.05, 3.63) is 40.1 Å². The van der Waals surface area contributed by atoms with Crippen molar-refractivity contribution in [2.24, 2.45) is 0 Å².